The Kier molecular flexibility index (Phi) is 5.50. The van der Waals surface area contributed by atoms with Crippen LogP contribution in [0.15, 0.2) is 47.3 Å². The molecule has 94 valence electrons. The number of benzene rings is 1. The Balaban J connectivity index is 2.05. The lowest BCUT2D eigenvalue weighted by atomic mass is 10.2. The molecule has 6 heteroatoms. The third-order valence-corrected chi connectivity index (χ3v) is 6.52. The van der Waals surface area contributed by atoms with Gasteiger partial charge in [-0.25, -0.2) is 0 Å². The number of ketones is 1. The average molecular weight is 471 g/mol. The molecule has 0 spiro atoms. The first-order chi connectivity index (χ1) is 8.58. The van der Waals surface area contributed by atoms with E-state index in [4.69, 9.17) is 0 Å². The molecule has 0 fully saturated rings. The predicted octanol–water partition coefficient (Wildman–Crippen LogP) is 6.01. The molecule has 2 rings (SSSR count). The molecule has 1 aromatic heterocycles. The van der Waals surface area contributed by atoms with Crippen LogP contribution in [-0.4, -0.2) is 11.5 Å². The Morgan fingerprint density at radius 1 is 1.22 bits per heavy atom. The number of halogens is 3. The molecular weight excluding hydrogens is 464 g/mol. The summed E-state index contributed by atoms with van der Waals surface area (Å²) in [6.45, 7) is 0. The summed E-state index contributed by atoms with van der Waals surface area (Å²) in [6, 6.07) is 9.76. The first kappa shape index (κ1) is 14.8. The molecule has 0 unspecified atom stereocenters. The zero-order chi connectivity index (χ0) is 13.1. The summed E-state index contributed by atoms with van der Waals surface area (Å²) in [5.74, 6) is 0.564. The van der Waals surface area contributed by atoms with E-state index in [1.807, 2.05) is 30.3 Å². The number of Topliss-reactive ketones (excluding diaryl/α,β-unsaturated/α-hetero) is 1. The molecule has 0 saturated heterocycles. The van der Waals surface area contributed by atoms with Crippen molar-refractivity contribution >= 4 is 76.7 Å². The second kappa shape index (κ2) is 6.70. The third-order valence-electron chi connectivity index (χ3n) is 2.15. The van der Waals surface area contributed by atoms with Crippen molar-refractivity contribution in [3.63, 3.8) is 0 Å². The van der Waals surface area contributed by atoms with Crippen molar-refractivity contribution in [3.8, 4) is 0 Å². The minimum Gasteiger partial charge on any atom is -0.293 e. The van der Waals surface area contributed by atoms with Crippen LogP contribution in [0.4, 0.5) is 0 Å². The summed E-state index contributed by atoms with van der Waals surface area (Å²) < 4.78 is 2.86. The lowest BCUT2D eigenvalue weighted by Crippen LogP contribution is -2.01. The van der Waals surface area contributed by atoms with Gasteiger partial charge in [-0.05, 0) is 66.0 Å². The number of hydrogen-bond donors (Lipinski definition) is 0. The van der Waals surface area contributed by atoms with E-state index >= 15 is 0 Å². The second-order valence-electron chi connectivity index (χ2n) is 3.38. The summed E-state index contributed by atoms with van der Waals surface area (Å²) in [6.07, 6.45) is 0. The van der Waals surface area contributed by atoms with Crippen LogP contribution in [0, 0.1) is 0 Å². The van der Waals surface area contributed by atoms with Gasteiger partial charge in [-0.2, -0.15) is 0 Å². The SMILES string of the molecule is O=C(CSc1ccccc1Br)c1cc(Br)sc1Br. The lowest BCUT2D eigenvalue weighted by Gasteiger charge is -2.03. The van der Waals surface area contributed by atoms with E-state index in [9.17, 15) is 4.79 Å². The maximum atomic E-state index is 12.1. The van der Waals surface area contributed by atoms with Gasteiger partial charge < -0.3 is 0 Å². The summed E-state index contributed by atoms with van der Waals surface area (Å²) in [5, 5.41) is 0. The van der Waals surface area contributed by atoms with Crippen molar-refractivity contribution in [3.05, 3.63) is 47.9 Å². The normalized spacial score (nSPS) is 10.6. The fraction of sp³-hybridized carbons (Fsp3) is 0.0833. The highest BCUT2D eigenvalue weighted by Gasteiger charge is 2.14. The Morgan fingerprint density at radius 3 is 2.56 bits per heavy atom. The maximum absolute atomic E-state index is 12.1. The molecule has 0 saturated carbocycles. The van der Waals surface area contributed by atoms with E-state index in [1.54, 1.807) is 11.8 Å². The van der Waals surface area contributed by atoms with Gasteiger partial charge in [-0.1, -0.05) is 12.1 Å². The fourth-order valence-electron chi connectivity index (χ4n) is 1.31. The van der Waals surface area contributed by atoms with Gasteiger partial charge in [0.25, 0.3) is 0 Å². The smallest absolute Gasteiger partial charge is 0.175 e. The highest BCUT2D eigenvalue weighted by Crippen LogP contribution is 2.34. The van der Waals surface area contributed by atoms with Gasteiger partial charge in [0.2, 0.25) is 0 Å². The molecule has 1 heterocycles. The van der Waals surface area contributed by atoms with Crippen LogP contribution in [0.2, 0.25) is 0 Å². The van der Waals surface area contributed by atoms with Gasteiger partial charge in [0, 0.05) is 14.9 Å². The lowest BCUT2D eigenvalue weighted by molar-refractivity contribution is 0.102. The van der Waals surface area contributed by atoms with Crippen molar-refractivity contribution in [1.29, 1.82) is 0 Å². The zero-order valence-corrected chi connectivity index (χ0v) is 15.3. The number of carbonyl (C=O) groups excluding carboxylic acids is 1. The van der Waals surface area contributed by atoms with Gasteiger partial charge in [0.15, 0.2) is 5.78 Å². The van der Waals surface area contributed by atoms with Gasteiger partial charge in [0.05, 0.1) is 13.3 Å². The van der Waals surface area contributed by atoms with Crippen LogP contribution in [0.3, 0.4) is 0 Å². The van der Waals surface area contributed by atoms with Crippen molar-refractivity contribution in [2.45, 2.75) is 4.90 Å². The van der Waals surface area contributed by atoms with Crippen LogP contribution < -0.4 is 0 Å². The quantitative estimate of drug-likeness (QED) is 0.402. The molecule has 0 amide bonds. The summed E-state index contributed by atoms with van der Waals surface area (Å²) in [5.41, 5.74) is 0.742. The third kappa shape index (κ3) is 3.70. The minimum atomic E-state index is 0.129. The molecule has 0 N–H and O–H groups in total. The van der Waals surface area contributed by atoms with E-state index in [1.165, 1.54) is 11.3 Å². The number of thioether (sulfide) groups is 1. The molecule has 1 aromatic carbocycles. The second-order valence-corrected chi connectivity index (χ2v) is 9.00. The predicted molar refractivity (Wildman–Crippen MR) is 88.9 cm³/mol. The molecule has 0 radical (unpaired) electrons. The zero-order valence-electron chi connectivity index (χ0n) is 8.95. The average Bonchev–Trinajstić information content (AvgIpc) is 2.67. The van der Waals surface area contributed by atoms with Gasteiger partial charge in [-0.15, -0.1) is 23.1 Å². The van der Waals surface area contributed by atoms with Gasteiger partial charge >= 0.3 is 0 Å². The first-order valence-electron chi connectivity index (χ1n) is 4.93. The molecule has 0 atom stereocenters. The Bertz CT molecular complexity index is 580. The Labute approximate surface area is 139 Å². The number of carbonyl (C=O) groups is 1. The molecule has 1 nitrogen and oxygen atoms in total. The van der Waals surface area contributed by atoms with Gasteiger partial charge in [0.1, 0.15) is 0 Å². The van der Waals surface area contributed by atoms with Crippen LogP contribution in [0.25, 0.3) is 0 Å². The summed E-state index contributed by atoms with van der Waals surface area (Å²) in [4.78, 5) is 13.2. The van der Waals surface area contributed by atoms with E-state index < -0.39 is 0 Å². The largest absolute Gasteiger partial charge is 0.293 e. The number of hydrogen-bond acceptors (Lipinski definition) is 3. The van der Waals surface area contributed by atoms with Crippen molar-refractivity contribution in [2.75, 3.05) is 5.75 Å². The maximum Gasteiger partial charge on any atom is 0.175 e. The molecule has 2 aromatic rings. The molecule has 0 bridgehead atoms. The van der Waals surface area contributed by atoms with Crippen LogP contribution in [0.1, 0.15) is 10.4 Å². The number of rotatable bonds is 4. The highest BCUT2D eigenvalue weighted by atomic mass is 79.9. The monoisotopic (exact) mass is 468 g/mol. The summed E-state index contributed by atoms with van der Waals surface area (Å²) >= 11 is 13.3. The molecule has 0 aliphatic carbocycles. The Morgan fingerprint density at radius 2 is 1.94 bits per heavy atom. The topological polar surface area (TPSA) is 17.1 Å². The van der Waals surface area contributed by atoms with Crippen LogP contribution in [-0.2, 0) is 0 Å². The summed E-state index contributed by atoms with van der Waals surface area (Å²) in [7, 11) is 0. The van der Waals surface area contributed by atoms with E-state index in [0.29, 0.717) is 5.75 Å². The molecule has 18 heavy (non-hydrogen) atoms. The van der Waals surface area contributed by atoms with Gasteiger partial charge in [-0.3, -0.25) is 4.79 Å². The van der Waals surface area contributed by atoms with E-state index in [-0.39, 0.29) is 5.78 Å². The highest BCUT2D eigenvalue weighted by molar-refractivity contribution is 9.12. The van der Waals surface area contributed by atoms with Crippen LogP contribution >= 0.6 is 70.9 Å². The van der Waals surface area contributed by atoms with Crippen molar-refractivity contribution < 1.29 is 4.79 Å². The standard InChI is InChI=1S/C12H7Br3OS2/c13-8-3-1-2-4-10(8)17-6-9(16)7-5-11(14)18-12(7)15/h1-5H,6H2. The fourth-order valence-corrected chi connectivity index (χ4v) is 5.62. The number of thiophene rings is 1. The van der Waals surface area contributed by atoms with E-state index in [0.717, 1.165) is 22.5 Å². The van der Waals surface area contributed by atoms with Crippen molar-refractivity contribution in [1.82, 2.24) is 0 Å². The van der Waals surface area contributed by atoms with E-state index in [2.05, 4.69) is 47.8 Å². The molecule has 0 aliphatic heterocycles. The van der Waals surface area contributed by atoms with Crippen molar-refractivity contribution in [2.24, 2.45) is 0 Å². The Hall–Kier alpha value is 0.380. The first-order valence-corrected chi connectivity index (χ1v) is 9.11. The molecular formula is C12H7Br3OS2. The molecule has 0 aliphatic rings. The van der Waals surface area contributed by atoms with Crippen LogP contribution in [0.5, 0.6) is 0 Å². The minimum absolute atomic E-state index is 0.129.